The molecule has 0 saturated carbocycles. The van der Waals surface area contributed by atoms with Crippen LogP contribution >= 0.6 is 27.3 Å². The second kappa shape index (κ2) is 7.29. The molecule has 0 unspecified atom stereocenters. The van der Waals surface area contributed by atoms with Gasteiger partial charge in [0.2, 0.25) is 0 Å². The van der Waals surface area contributed by atoms with Crippen LogP contribution in [0.15, 0.2) is 40.2 Å². The van der Waals surface area contributed by atoms with E-state index in [4.69, 9.17) is 0 Å². The van der Waals surface area contributed by atoms with E-state index in [0.717, 1.165) is 22.3 Å². The number of ether oxygens (including phenoxy) is 1. The minimum Gasteiger partial charge on any atom is -0.406 e. The molecule has 21 heavy (non-hydrogen) atoms. The first kappa shape index (κ1) is 16.3. The first-order valence-electron chi connectivity index (χ1n) is 6.22. The van der Waals surface area contributed by atoms with Gasteiger partial charge in [0.1, 0.15) is 5.75 Å². The van der Waals surface area contributed by atoms with Crippen molar-refractivity contribution in [1.82, 2.24) is 5.32 Å². The minimum atomic E-state index is -4.64. The molecule has 0 aliphatic heterocycles. The fourth-order valence-corrected chi connectivity index (χ4v) is 3.22. The zero-order valence-electron chi connectivity index (χ0n) is 10.9. The highest BCUT2D eigenvalue weighted by atomic mass is 79.9. The first-order valence-corrected chi connectivity index (χ1v) is 7.83. The van der Waals surface area contributed by atoms with Gasteiger partial charge in [0.15, 0.2) is 0 Å². The van der Waals surface area contributed by atoms with Crippen molar-refractivity contribution in [3.05, 3.63) is 50.6 Å². The predicted octanol–water partition coefficient (Wildman–Crippen LogP) is 4.74. The topological polar surface area (TPSA) is 21.3 Å². The fourth-order valence-electron chi connectivity index (χ4n) is 1.74. The third-order valence-corrected chi connectivity index (χ3v) is 4.35. The number of rotatable bonds is 6. The zero-order chi connectivity index (χ0) is 15.3. The van der Waals surface area contributed by atoms with Crippen molar-refractivity contribution in [2.24, 2.45) is 0 Å². The van der Waals surface area contributed by atoms with Crippen molar-refractivity contribution in [2.45, 2.75) is 19.3 Å². The molecule has 0 aliphatic rings. The van der Waals surface area contributed by atoms with Crippen LogP contribution in [0.25, 0.3) is 0 Å². The van der Waals surface area contributed by atoms with Gasteiger partial charge in [0, 0.05) is 18.0 Å². The molecule has 0 bridgehead atoms. The van der Waals surface area contributed by atoms with Gasteiger partial charge in [-0.3, -0.25) is 0 Å². The first-order chi connectivity index (χ1) is 9.92. The lowest BCUT2D eigenvalue weighted by Gasteiger charge is -2.09. The Hall–Kier alpha value is -1.05. The largest absolute Gasteiger partial charge is 0.573 e. The van der Waals surface area contributed by atoms with E-state index in [0.29, 0.717) is 6.54 Å². The van der Waals surface area contributed by atoms with Gasteiger partial charge in [-0.1, -0.05) is 12.1 Å². The standard InChI is InChI=1S/C14H13BrF3NOS/c15-13-6-5-12(21-13)7-8-19-9-10-1-3-11(4-2-10)20-14(16,17)18/h1-6,19H,7-9H2. The molecule has 1 N–H and O–H groups in total. The van der Waals surface area contributed by atoms with E-state index in [9.17, 15) is 13.2 Å². The Morgan fingerprint density at radius 3 is 2.38 bits per heavy atom. The highest BCUT2D eigenvalue weighted by Gasteiger charge is 2.30. The second-order valence-electron chi connectivity index (χ2n) is 4.32. The predicted molar refractivity (Wildman–Crippen MR) is 80.6 cm³/mol. The van der Waals surface area contributed by atoms with Gasteiger partial charge in [-0.05, 0) is 52.2 Å². The molecule has 0 spiro atoms. The monoisotopic (exact) mass is 379 g/mol. The SMILES string of the molecule is FC(F)(F)Oc1ccc(CNCCc2ccc(Br)s2)cc1. The maximum atomic E-state index is 12.0. The molecule has 1 heterocycles. The van der Waals surface area contributed by atoms with Crippen molar-refractivity contribution in [3.63, 3.8) is 0 Å². The van der Waals surface area contributed by atoms with Crippen molar-refractivity contribution >= 4 is 27.3 Å². The van der Waals surface area contributed by atoms with E-state index in [1.54, 1.807) is 23.5 Å². The zero-order valence-corrected chi connectivity index (χ0v) is 13.3. The summed E-state index contributed by atoms with van der Waals surface area (Å²) in [4.78, 5) is 1.28. The maximum absolute atomic E-state index is 12.0. The van der Waals surface area contributed by atoms with Crippen molar-refractivity contribution < 1.29 is 17.9 Å². The smallest absolute Gasteiger partial charge is 0.406 e. The Morgan fingerprint density at radius 2 is 1.81 bits per heavy atom. The van der Waals surface area contributed by atoms with Crippen molar-refractivity contribution in [1.29, 1.82) is 0 Å². The van der Waals surface area contributed by atoms with Crippen LogP contribution in [0.4, 0.5) is 13.2 Å². The Labute approximate surface area is 133 Å². The van der Waals surface area contributed by atoms with Crippen LogP contribution in [0.3, 0.4) is 0 Å². The number of halogens is 4. The van der Waals surface area contributed by atoms with Gasteiger partial charge in [-0.15, -0.1) is 24.5 Å². The van der Waals surface area contributed by atoms with Crippen LogP contribution in [0.2, 0.25) is 0 Å². The molecule has 0 amide bonds. The normalized spacial score (nSPS) is 11.6. The molecule has 0 aliphatic carbocycles. The van der Waals surface area contributed by atoms with Gasteiger partial charge < -0.3 is 10.1 Å². The van der Waals surface area contributed by atoms with E-state index in [1.165, 1.54) is 17.0 Å². The van der Waals surface area contributed by atoms with E-state index in [-0.39, 0.29) is 5.75 Å². The number of hydrogen-bond donors (Lipinski definition) is 1. The molecular formula is C14H13BrF3NOS. The Kier molecular flexibility index (Phi) is 5.66. The highest BCUT2D eigenvalue weighted by molar-refractivity contribution is 9.11. The molecule has 1 aromatic heterocycles. The van der Waals surface area contributed by atoms with Gasteiger partial charge in [-0.25, -0.2) is 0 Å². The molecule has 2 nitrogen and oxygen atoms in total. The van der Waals surface area contributed by atoms with Gasteiger partial charge in [0.05, 0.1) is 3.79 Å². The number of hydrogen-bond acceptors (Lipinski definition) is 3. The summed E-state index contributed by atoms with van der Waals surface area (Å²) in [7, 11) is 0. The maximum Gasteiger partial charge on any atom is 0.573 e. The fraction of sp³-hybridized carbons (Fsp3) is 0.286. The Morgan fingerprint density at radius 1 is 1.10 bits per heavy atom. The van der Waals surface area contributed by atoms with Crippen molar-refractivity contribution in [3.8, 4) is 5.75 Å². The van der Waals surface area contributed by atoms with Crippen LogP contribution in [0, 0.1) is 0 Å². The van der Waals surface area contributed by atoms with E-state index in [2.05, 4.69) is 32.0 Å². The summed E-state index contributed by atoms with van der Waals surface area (Å²) >= 11 is 5.11. The molecule has 7 heteroatoms. The summed E-state index contributed by atoms with van der Waals surface area (Å²) in [5, 5.41) is 3.26. The Balaban J connectivity index is 1.73. The summed E-state index contributed by atoms with van der Waals surface area (Å²) in [5.41, 5.74) is 0.914. The van der Waals surface area contributed by atoms with Gasteiger partial charge >= 0.3 is 6.36 Å². The molecule has 114 valence electrons. The number of nitrogens with one attached hydrogen (secondary N) is 1. The molecule has 0 atom stereocenters. The molecule has 1 aromatic carbocycles. The lowest BCUT2D eigenvalue weighted by molar-refractivity contribution is -0.274. The molecule has 0 fully saturated rings. The summed E-state index contributed by atoms with van der Waals surface area (Å²) in [6.07, 6.45) is -3.72. The molecular weight excluding hydrogens is 367 g/mol. The lowest BCUT2D eigenvalue weighted by Crippen LogP contribution is -2.18. The van der Waals surface area contributed by atoms with E-state index >= 15 is 0 Å². The van der Waals surface area contributed by atoms with Gasteiger partial charge in [0.25, 0.3) is 0 Å². The summed E-state index contributed by atoms with van der Waals surface area (Å²) < 4.78 is 41.0. The summed E-state index contributed by atoms with van der Waals surface area (Å²) in [6, 6.07) is 9.96. The Bertz CT molecular complexity index is 568. The average molecular weight is 380 g/mol. The lowest BCUT2D eigenvalue weighted by atomic mass is 10.2. The van der Waals surface area contributed by atoms with Crippen molar-refractivity contribution in [2.75, 3.05) is 6.54 Å². The van der Waals surface area contributed by atoms with E-state index < -0.39 is 6.36 Å². The molecule has 0 saturated heterocycles. The molecule has 2 rings (SSSR count). The third kappa shape index (κ3) is 6.07. The van der Waals surface area contributed by atoms with Crippen LogP contribution in [0.1, 0.15) is 10.4 Å². The number of thiophene rings is 1. The highest BCUT2D eigenvalue weighted by Crippen LogP contribution is 2.23. The number of benzene rings is 1. The average Bonchev–Trinajstić information content (AvgIpc) is 2.81. The molecule has 0 radical (unpaired) electrons. The second-order valence-corrected chi connectivity index (χ2v) is 6.87. The third-order valence-electron chi connectivity index (χ3n) is 2.66. The van der Waals surface area contributed by atoms with Crippen LogP contribution in [0.5, 0.6) is 5.75 Å². The summed E-state index contributed by atoms with van der Waals surface area (Å²) in [5.74, 6) is -0.199. The summed E-state index contributed by atoms with van der Waals surface area (Å²) in [6.45, 7) is 1.42. The molecule has 2 aromatic rings. The van der Waals surface area contributed by atoms with E-state index in [1.807, 2.05) is 6.07 Å². The quantitative estimate of drug-likeness (QED) is 0.731. The van der Waals surface area contributed by atoms with Crippen LogP contribution in [-0.2, 0) is 13.0 Å². The minimum absolute atomic E-state index is 0.199. The van der Waals surface area contributed by atoms with Crippen LogP contribution < -0.4 is 10.1 Å². The number of alkyl halides is 3. The van der Waals surface area contributed by atoms with Gasteiger partial charge in [-0.2, -0.15) is 0 Å². The van der Waals surface area contributed by atoms with Crippen LogP contribution in [-0.4, -0.2) is 12.9 Å².